The number of carbonyl (C=O) groups is 2. The third-order valence-electron chi connectivity index (χ3n) is 6.16. The first-order valence-electron chi connectivity index (χ1n) is 10.4. The average molecular weight is 398 g/mol. The standard InChI is InChI=1S/C22H27FN4O2/c23-17-8-6-16(7-9-17)13-27-19-14-26(11-10-18(19)21(25-27)22(24)29)20(28)12-15-4-2-1-3-5-15/h6-9,15H,1-5,10-14H2,(H2,24,29). The van der Waals surface area contributed by atoms with Gasteiger partial charge in [0.05, 0.1) is 18.8 Å². The van der Waals surface area contributed by atoms with Crippen molar-refractivity contribution in [3.63, 3.8) is 0 Å². The molecule has 1 aliphatic heterocycles. The third-order valence-corrected chi connectivity index (χ3v) is 6.16. The molecule has 2 aliphatic rings. The number of hydrogen-bond acceptors (Lipinski definition) is 3. The second-order valence-corrected chi connectivity index (χ2v) is 8.20. The summed E-state index contributed by atoms with van der Waals surface area (Å²) in [7, 11) is 0. The minimum Gasteiger partial charge on any atom is -0.364 e. The Hall–Kier alpha value is -2.70. The van der Waals surface area contributed by atoms with E-state index in [-0.39, 0.29) is 17.4 Å². The van der Waals surface area contributed by atoms with E-state index in [9.17, 15) is 14.0 Å². The highest BCUT2D eigenvalue weighted by atomic mass is 19.1. The number of primary amides is 1. The number of aromatic nitrogens is 2. The van der Waals surface area contributed by atoms with Crippen molar-refractivity contribution in [2.24, 2.45) is 11.7 Å². The summed E-state index contributed by atoms with van der Waals surface area (Å²) in [5.41, 5.74) is 8.38. The van der Waals surface area contributed by atoms with E-state index in [1.165, 1.54) is 31.4 Å². The van der Waals surface area contributed by atoms with E-state index < -0.39 is 5.91 Å². The maximum Gasteiger partial charge on any atom is 0.269 e. The molecule has 0 atom stereocenters. The van der Waals surface area contributed by atoms with E-state index in [2.05, 4.69) is 5.10 Å². The fourth-order valence-corrected chi connectivity index (χ4v) is 4.55. The van der Waals surface area contributed by atoms with E-state index in [0.717, 1.165) is 29.7 Å². The molecular weight excluding hydrogens is 371 g/mol. The summed E-state index contributed by atoms with van der Waals surface area (Å²) in [6, 6.07) is 6.20. The molecule has 154 valence electrons. The molecule has 6 nitrogen and oxygen atoms in total. The van der Waals surface area contributed by atoms with Crippen LogP contribution in [0.5, 0.6) is 0 Å². The van der Waals surface area contributed by atoms with Gasteiger partial charge < -0.3 is 10.6 Å². The van der Waals surface area contributed by atoms with E-state index >= 15 is 0 Å². The molecule has 2 N–H and O–H groups in total. The summed E-state index contributed by atoms with van der Waals surface area (Å²) in [5.74, 6) is -0.185. The minimum absolute atomic E-state index is 0.178. The Kier molecular flexibility index (Phi) is 5.65. The molecule has 1 aromatic heterocycles. The largest absolute Gasteiger partial charge is 0.364 e. The zero-order chi connectivity index (χ0) is 20.4. The van der Waals surface area contributed by atoms with Gasteiger partial charge in [0.2, 0.25) is 5.91 Å². The van der Waals surface area contributed by atoms with Gasteiger partial charge in [-0.25, -0.2) is 4.39 Å². The molecule has 0 unspecified atom stereocenters. The number of amides is 2. The molecule has 1 aromatic carbocycles. The molecule has 0 saturated heterocycles. The van der Waals surface area contributed by atoms with Gasteiger partial charge in [0.1, 0.15) is 5.82 Å². The first-order chi connectivity index (χ1) is 14.0. The van der Waals surface area contributed by atoms with Gasteiger partial charge in [0, 0.05) is 18.5 Å². The number of benzene rings is 1. The van der Waals surface area contributed by atoms with E-state index in [4.69, 9.17) is 5.73 Å². The van der Waals surface area contributed by atoms with Crippen LogP contribution < -0.4 is 5.73 Å². The van der Waals surface area contributed by atoms with Gasteiger partial charge in [-0.3, -0.25) is 14.3 Å². The molecule has 4 rings (SSSR count). The molecule has 1 fully saturated rings. The van der Waals surface area contributed by atoms with Crippen molar-refractivity contribution in [3.05, 3.63) is 52.6 Å². The predicted molar refractivity (Wildman–Crippen MR) is 107 cm³/mol. The van der Waals surface area contributed by atoms with Gasteiger partial charge in [-0.2, -0.15) is 5.10 Å². The van der Waals surface area contributed by atoms with E-state index in [1.807, 2.05) is 4.90 Å². The van der Waals surface area contributed by atoms with Gasteiger partial charge in [-0.05, 0) is 42.9 Å². The van der Waals surface area contributed by atoms with Crippen LogP contribution in [0.15, 0.2) is 24.3 Å². The van der Waals surface area contributed by atoms with Gasteiger partial charge in [0.25, 0.3) is 5.91 Å². The Labute approximate surface area is 169 Å². The van der Waals surface area contributed by atoms with Gasteiger partial charge in [-0.1, -0.05) is 31.4 Å². The van der Waals surface area contributed by atoms with E-state index in [0.29, 0.717) is 38.4 Å². The van der Waals surface area contributed by atoms with E-state index in [1.54, 1.807) is 16.8 Å². The van der Waals surface area contributed by atoms with Crippen LogP contribution in [0.1, 0.15) is 65.8 Å². The molecule has 1 aliphatic carbocycles. The Morgan fingerprint density at radius 1 is 1.14 bits per heavy atom. The first kappa shape index (κ1) is 19.6. The van der Waals surface area contributed by atoms with Crippen LogP contribution in [0.3, 0.4) is 0 Å². The summed E-state index contributed by atoms with van der Waals surface area (Å²) in [6.45, 7) is 1.42. The SMILES string of the molecule is NC(=O)c1nn(Cc2ccc(F)cc2)c2c1CCN(C(=O)CC1CCCCC1)C2. The number of carbonyl (C=O) groups excluding carboxylic acids is 2. The topological polar surface area (TPSA) is 81.2 Å². The summed E-state index contributed by atoms with van der Waals surface area (Å²) >= 11 is 0. The number of fused-ring (bicyclic) bond motifs is 1. The van der Waals surface area contributed by atoms with Crippen molar-refractivity contribution in [2.75, 3.05) is 6.54 Å². The molecule has 7 heteroatoms. The quantitative estimate of drug-likeness (QED) is 0.841. The van der Waals surface area contributed by atoms with Crippen molar-refractivity contribution < 1.29 is 14.0 Å². The Bertz CT molecular complexity index is 900. The smallest absolute Gasteiger partial charge is 0.269 e. The minimum atomic E-state index is -0.555. The average Bonchev–Trinajstić information content (AvgIpc) is 3.08. The van der Waals surface area contributed by atoms with Gasteiger partial charge in [-0.15, -0.1) is 0 Å². The molecule has 1 saturated carbocycles. The molecule has 2 heterocycles. The summed E-state index contributed by atoms with van der Waals surface area (Å²) in [5, 5.41) is 4.43. The second-order valence-electron chi connectivity index (χ2n) is 8.20. The lowest BCUT2D eigenvalue weighted by atomic mass is 9.86. The fraction of sp³-hybridized carbons (Fsp3) is 0.500. The Morgan fingerprint density at radius 3 is 2.55 bits per heavy atom. The summed E-state index contributed by atoms with van der Waals surface area (Å²) < 4.78 is 15.0. The van der Waals surface area contributed by atoms with Crippen LogP contribution in [-0.2, 0) is 24.3 Å². The zero-order valence-electron chi connectivity index (χ0n) is 16.6. The highest BCUT2D eigenvalue weighted by Crippen LogP contribution is 2.29. The molecule has 2 amide bonds. The van der Waals surface area contributed by atoms with Crippen LogP contribution in [-0.4, -0.2) is 33.0 Å². The first-order valence-corrected chi connectivity index (χ1v) is 10.4. The number of nitrogens with zero attached hydrogens (tertiary/aromatic N) is 3. The normalized spacial score (nSPS) is 17.2. The molecule has 2 aromatic rings. The van der Waals surface area contributed by atoms with Crippen molar-refractivity contribution in [3.8, 4) is 0 Å². The van der Waals surface area contributed by atoms with Crippen molar-refractivity contribution in [1.29, 1.82) is 0 Å². The Balaban J connectivity index is 1.54. The van der Waals surface area contributed by atoms with Gasteiger partial charge >= 0.3 is 0 Å². The zero-order valence-corrected chi connectivity index (χ0v) is 16.6. The second kappa shape index (κ2) is 8.35. The lowest BCUT2D eigenvalue weighted by Crippen LogP contribution is -2.38. The Morgan fingerprint density at radius 2 is 1.86 bits per heavy atom. The number of hydrogen-bond donors (Lipinski definition) is 1. The number of rotatable bonds is 5. The van der Waals surface area contributed by atoms with Crippen LogP contribution in [0.2, 0.25) is 0 Å². The lowest BCUT2D eigenvalue weighted by molar-refractivity contribution is -0.133. The highest BCUT2D eigenvalue weighted by molar-refractivity contribution is 5.92. The van der Waals surface area contributed by atoms with Crippen molar-refractivity contribution >= 4 is 11.8 Å². The molecule has 0 bridgehead atoms. The maximum atomic E-state index is 13.2. The van der Waals surface area contributed by atoms with Crippen LogP contribution in [0.4, 0.5) is 4.39 Å². The molecule has 0 radical (unpaired) electrons. The predicted octanol–water partition coefficient (Wildman–Crippen LogP) is 3.02. The third kappa shape index (κ3) is 4.33. The van der Waals surface area contributed by atoms with Crippen LogP contribution >= 0.6 is 0 Å². The molecule has 0 spiro atoms. The summed E-state index contributed by atoms with van der Waals surface area (Å²) in [6.07, 6.45) is 7.16. The van der Waals surface area contributed by atoms with Crippen LogP contribution in [0.25, 0.3) is 0 Å². The summed E-state index contributed by atoms with van der Waals surface area (Å²) in [4.78, 5) is 26.6. The van der Waals surface area contributed by atoms with Crippen molar-refractivity contribution in [1.82, 2.24) is 14.7 Å². The number of nitrogens with two attached hydrogens (primary N) is 1. The fourth-order valence-electron chi connectivity index (χ4n) is 4.55. The number of halogens is 1. The monoisotopic (exact) mass is 398 g/mol. The van der Waals surface area contributed by atoms with Crippen molar-refractivity contribution in [2.45, 2.75) is 58.0 Å². The molecular formula is C22H27FN4O2. The van der Waals surface area contributed by atoms with Gasteiger partial charge in [0.15, 0.2) is 5.69 Å². The highest BCUT2D eigenvalue weighted by Gasteiger charge is 2.30. The molecule has 29 heavy (non-hydrogen) atoms. The maximum absolute atomic E-state index is 13.2. The lowest BCUT2D eigenvalue weighted by Gasteiger charge is -2.30. The van der Waals surface area contributed by atoms with Crippen LogP contribution in [0, 0.1) is 11.7 Å².